The molecule has 0 saturated carbocycles. The lowest BCUT2D eigenvalue weighted by Crippen LogP contribution is -2.10. The molecule has 0 atom stereocenters. The van der Waals surface area contributed by atoms with E-state index in [4.69, 9.17) is 0 Å². The molecular weight excluding hydrogens is 224 g/mol. The van der Waals surface area contributed by atoms with Crippen LogP contribution in [0.5, 0.6) is 0 Å². The molecule has 0 aliphatic heterocycles. The number of benzene rings is 1. The lowest BCUT2D eigenvalue weighted by Gasteiger charge is -2.08. The topological polar surface area (TPSA) is 42.0 Å². The van der Waals surface area contributed by atoms with Crippen LogP contribution < -0.4 is 5.32 Å². The van der Waals surface area contributed by atoms with Crippen molar-refractivity contribution < 1.29 is 4.79 Å². The molecule has 0 amide bonds. The van der Waals surface area contributed by atoms with Gasteiger partial charge in [0.1, 0.15) is 11.5 Å². The Bertz CT molecular complexity index is 535. The van der Waals surface area contributed by atoms with Crippen molar-refractivity contribution in [3.8, 4) is 0 Å². The van der Waals surface area contributed by atoms with E-state index < -0.39 is 0 Å². The first-order chi connectivity index (χ1) is 8.66. The zero-order valence-electron chi connectivity index (χ0n) is 10.6. The van der Waals surface area contributed by atoms with Crippen LogP contribution in [0.15, 0.2) is 48.5 Å². The van der Waals surface area contributed by atoms with Crippen LogP contribution in [0.2, 0.25) is 0 Å². The number of hydrogen-bond donors (Lipinski definition) is 1. The second-order valence-electron chi connectivity index (χ2n) is 4.42. The first-order valence-corrected chi connectivity index (χ1v) is 6.00. The molecule has 0 aliphatic carbocycles. The fourth-order valence-corrected chi connectivity index (χ4v) is 1.61. The summed E-state index contributed by atoms with van der Waals surface area (Å²) in [5.74, 6) is 0.712. The van der Waals surface area contributed by atoms with Crippen molar-refractivity contribution in [1.29, 1.82) is 0 Å². The van der Waals surface area contributed by atoms with Crippen LogP contribution in [0, 0.1) is 5.92 Å². The van der Waals surface area contributed by atoms with Crippen molar-refractivity contribution in [2.24, 2.45) is 5.92 Å². The number of ketones is 1. The Morgan fingerprint density at radius 3 is 2.44 bits per heavy atom. The molecule has 92 valence electrons. The predicted octanol–water partition coefficient (Wildman–Crippen LogP) is 3.66. The second kappa shape index (κ2) is 5.45. The Labute approximate surface area is 107 Å². The maximum Gasteiger partial charge on any atom is 0.183 e. The first-order valence-electron chi connectivity index (χ1n) is 6.00. The molecule has 3 heteroatoms. The third-order valence-corrected chi connectivity index (χ3v) is 2.57. The standard InChI is InChI=1S/C15H16N2O/c1-11(2)15(18)13-9-6-10-14(17-13)16-12-7-4-3-5-8-12/h3-11H,1-2H3,(H,16,17). The SMILES string of the molecule is CC(C)C(=O)c1cccc(Nc2ccccc2)n1. The van der Waals surface area contributed by atoms with Gasteiger partial charge < -0.3 is 5.32 Å². The molecule has 2 rings (SSSR count). The van der Waals surface area contributed by atoms with Gasteiger partial charge in [0, 0.05) is 11.6 Å². The van der Waals surface area contributed by atoms with E-state index in [1.54, 1.807) is 6.07 Å². The number of anilines is 2. The summed E-state index contributed by atoms with van der Waals surface area (Å²) >= 11 is 0. The highest BCUT2D eigenvalue weighted by atomic mass is 16.1. The van der Waals surface area contributed by atoms with Gasteiger partial charge in [-0.15, -0.1) is 0 Å². The van der Waals surface area contributed by atoms with E-state index in [0.717, 1.165) is 5.69 Å². The smallest absolute Gasteiger partial charge is 0.183 e. The zero-order valence-corrected chi connectivity index (χ0v) is 10.6. The van der Waals surface area contributed by atoms with Crippen LogP contribution in [-0.2, 0) is 0 Å². The van der Waals surface area contributed by atoms with Gasteiger partial charge in [0.2, 0.25) is 0 Å². The Kier molecular flexibility index (Phi) is 3.72. The zero-order chi connectivity index (χ0) is 13.0. The van der Waals surface area contributed by atoms with E-state index in [-0.39, 0.29) is 11.7 Å². The van der Waals surface area contributed by atoms with Gasteiger partial charge in [0.15, 0.2) is 5.78 Å². The number of nitrogens with one attached hydrogen (secondary N) is 1. The Morgan fingerprint density at radius 2 is 1.78 bits per heavy atom. The van der Waals surface area contributed by atoms with E-state index in [2.05, 4.69) is 10.3 Å². The molecule has 0 radical (unpaired) electrons. The number of para-hydroxylation sites is 1. The van der Waals surface area contributed by atoms with Gasteiger partial charge in [-0.25, -0.2) is 4.98 Å². The summed E-state index contributed by atoms with van der Waals surface area (Å²) in [4.78, 5) is 16.2. The van der Waals surface area contributed by atoms with Gasteiger partial charge in [0.05, 0.1) is 0 Å². The minimum Gasteiger partial charge on any atom is -0.340 e. The van der Waals surface area contributed by atoms with Gasteiger partial charge in [-0.1, -0.05) is 38.1 Å². The van der Waals surface area contributed by atoms with Gasteiger partial charge in [-0.3, -0.25) is 4.79 Å². The molecule has 1 heterocycles. The van der Waals surface area contributed by atoms with Gasteiger partial charge >= 0.3 is 0 Å². The molecule has 0 spiro atoms. The van der Waals surface area contributed by atoms with Crippen LogP contribution in [0.3, 0.4) is 0 Å². The van der Waals surface area contributed by atoms with Crippen molar-refractivity contribution in [2.45, 2.75) is 13.8 Å². The Hall–Kier alpha value is -2.16. The van der Waals surface area contributed by atoms with Gasteiger partial charge in [-0.05, 0) is 24.3 Å². The molecule has 3 nitrogen and oxygen atoms in total. The number of nitrogens with zero attached hydrogens (tertiary/aromatic N) is 1. The molecule has 18 heavy (non-hydrogen) atoms. The number of Topliss-reactive ketones (excluding diaryl/α,β-unsaturated/α-hetero) is 1. The molecular formula is C15H16N2O. The monoisotopic (exact) mass is 240 g/mol. The van der Waals surface area contributed by atoms with Crippen molar-refractivity contribution >= 4 is 17.3 Å². The third kappa shape index (κ3) is 2.94. The Morgan fingerprint density at radius 1 is 1.06 bits per heavy atom. The van der Waals surface area contributed by atoms with E-state index >= 15 is 0 Å². The number of rotatable bonds is 4. The third-order valence-electron chi connectivity index (χ3n) is 2.57. The number of pyridine rings is 1. The lowest BCUT2D eigenvalue weighted by atomic mass is 10.1. The van der Waals surface area contributed by atoms with Crippen molar-refractivity contribution in [3.63, 3.8) is 0 Å². The number of hydrogen-bond acceptors (Lipinski definition) is 3. The van der Waals surface area contributed by atoms with E-state index in [1.165, 1.54) is 0 Å². The molecule has 0 saturated heterocycles. The van der Waals surface area contributed by atoms with E-state index in [1.807, 2.05) is 56.3 Å². The summed E-state index contributed by atoms with van der Waals surface area (Å²) in [6.45, 7) is 3.75. The number of aromatic nitrogens is 1. The molecule has 2 aromatic rings. The maximum absolute atomic E-state index is 11.9. The summed E-state index contributed by atoms with van der Waals surface area (Å²) in [6.07, 6.45) is 0. The van der Waals surface area contributed by atoms with E-state index in [9.17, 15) is 4.79 Å². The van der Waals surface area contributed by atoms with E-state index in [0.29, 0.717) is 11.5 Å². The number of carbonyl (C=O) groups is 1. The summed E-state index contributed by atoms with van der Waals surface area (Å²) in [6, 6.07) is 15.2. The van der Waals surface area contributed by atoms with Crippen molar-refractivity contribution in [1.82, 2.24) is 4.98 Å². The second-order valence-corrected chi connectivity index (χ2v) is 4.42. The fraction of sp³-hybridized carbons (Fsp3) is 0.200. The van der Waals surface area contributed by atoms with Crippen LogP contribution >= 0.6 is 0 Å². The minimum absolute atomic E-state index is 0.0375. The average molecular weight is 240 g/mol. The molecule has 0 fully saturated rings. The quantitative estimate of drug-likeness (QED) is 0.829. The largest absolute Gasteiger partial charge is 0.340 e. The highest BCUT2D eigenvalue weighted by molar-refractivity contribution is 5.96. The van der Waals surface area contributed by atoms with Crippen LogP contribution in [0.1, 0.15) is 24.3 Å². The molecule has 0 unspecified atom stereocenters. The van der Waals surface area contributed by atoms with Gasteiger partial charge in [0.25, 0.3) is 0 Å². The maximum atomic E-state index is 11.9. The summed E-state index contributed by atoms with van der Waals surface area (Å²) in [7, 11) is 0. The highest BCUT2D eigenvalue weighted by Gasteiger charge is 2.12. The highest BCUT2D eigenvalue weighted by Crippen LogP contribution is 2.15. The fourth-order valence-electron chi connectivity index (χ4n) is 1.61. The molecule has 0 aliphatic rings. The van der Waals surface area contributed by atoms with Crippen LogP contribution in [0.4, 0.5) is 11.5 Å². The summed E-state index contributed by atoms with van der Waals surface area (Å²) in [5, 5.41) is 3.17. The molecule has 0 bridgehead atoms. The first kappa shape index (κ1) is 12.3. The van der Waals surface area contributed by atoms with Crippen LogP contribution in [-0.4, -0.2) is 10.8 Å². The lowest BCUT2D eigenvalue weighted by molar-refractivity contribution is 0.0934. The summed E-state index contributed by atoms with van der Waals surface area (Å²) in [5.41, 5.74) is 1.46. The predicted molar refractivity (Wildman–Crippen MR) is 73.1 cm³/mol. The van der Waals surface area contributed by atoms with Crippen molar-refractivity contribution in [3.05, 3.63) is 54.2 Å². The Balaban J connectivity index is 2.20. The molecule has 1 N–H and O–H groups in total. The van der Waals surface area contributed by atoms with Crippen molar-refractivity contribution in [2.75, 3.05) is 5.32 Å². The summed E-state index contributed by atoms with van der Waals surface area (Å²) < 4.78 is 0. The normalized spacial score (nSPS) is 10.4. The average Bonchev–Trinajstić information content (AvgIpc) is 2.39. The van der Waals surface area contributed by atoms with Gasteiger partial charge in [-0.2, -0.15) is 0 Å². The molecule has 1 aromatic heterocycles. The minimum atomic E-state index is -0.0375. The molecule has 1 aromatic carbocycles. The van der Waals surface area contributed by atoms with Crippen LogP contribution in [0.25, 0.3) is 0 Å². The number of carbonyl (C=O) groups excluding carboxylic acids is 1.